The molecule has 0 aromatic carbocycles. The normalized spacial score (nSPS) is 30.5. The molecule has 1 rings (SSSR count). The highest BCUT2D eigenvalue weighted by atomic mass is 16.3. The summed E-state index contributed by atoms with van der Waals surface area (Å²) in [7, 11) is 0. The monoisotopic (exact) mass is 245 g/mol. The van der Waals surface area contributed by atoms with Crippen LogP contribution in [0.25, 0.3) is 0 Å². The fourth-order valence-electron chi connectivity index (χ4n) is 2.55. The van der Waals surface area contributed by atoms with Crippen molar-refractivity contribution in [2.45, 2.75) is 45.1 Å². The molecule has 0 saturated heterocycles. The van der Waals surface area contributed by atoms with E-state index >= 15 is 0 Å². The van der Waals surface area contributed by atoms with E-state index in [9.17, 15) is 5.11 Å². The lowest BCUT2D eigenvalue weighted by Crippen LogP contribution is -2.47. The topological polar surface area (TPSA) is 72.7 Å². The Labute approximate surface area is 104 Å². The number of aliphatic hydroxyl groups is 3. The predicted octanol–water partition coefficient (Wildman–Crippen LogP) is 0.508. The first-order valence-electron chi connectivity index (χ1n) is 6.58. The predicted molar refractivity (Wildman–Crippen MR) is 67.7 cm³/mol. The van der Waals surface area contributed by atoms with Gasteiger partial charge in [-0.15, -0.1) is 0 Å². The molecule has 2 unspecified atom stereocenters. The van der Waals surface area contributed by atoms with Gasteiger partial charge in [-0.05, 0) is 18.8 Å². The van der Waals surface area contributed by atoms with Crippen LogP contribution in [-0.4, -0.2) is 47.2 Å². The van der Waals surface area contributed by atoms with E-state index in [1.807, 2.05) is 6.92 Å². The van der Waals surface area contributed by atoms with Gasteiger partial charge >= 0.3 is 0 Å². The molecule has 0 amide bonds. The molecule has 1 aliphatic carbocycles. The van der Waals surface area contributed by atoms with Gasteiger partial charge in [0, 0.05) is 18.5 Å². The lowest BCUT2D eigenvalue weighted by molar-refractivity contribution is -0.0165. The van der Waals surface area contributed by atoms with Crippen LogP contribution in [-0.2, 0) is 0 Å². The molecule has 1 aliphatic rings. The second-order valence-electron chi connectivity index (χ2n) is 6.16. The van der Waals surface area contributed by atoms with Crippen molar-refractivity contribution in [3.8, 4) is 0 Å². The maximum absolute atomic E-state index is 10.4. The van der Waals surface area contributed by atoms with Crippen molar-refractivity contribution in [1.82, 2.24) is 5.32 Å². The highest BCUT2D eigenvalue weighted by molar-refractivity contribution is 4.88. The summed E-state index contributed by atoms with van der Waals surface area (Å²) in [5, 5.41) is 31.9. The third-order valence-electron chi connectivity index (χ3n) is 3.84. The van der Waals surface area contributed by atoms with E-state index in [0.717, 1.165) is 19.3 Å². The van der Waals surface area contributed by atoms with E-state index < -0.39 is 11.0 Å². The van der Waals surface area contributed by atoms with E-state index in [-0.39, 0.29) is 13.2 Å². The summed E-state index contributed by atoms with van der Waals surface area (Å²) >= 11 is 0. The summed E-state index contributed by atoms with van der Waals surface area (Å²) in [4.78, 5) is 0. The lowest BCUT2D eigenvalue weighted by atomic mass is 9.79. The Hall–Kier alpha value is -0.160. The van der Waals surface area contributed by atoms with Gasteiger partial charge in [-0.25, -0.2) is 0 Å². The molecule has 2 atom stereocenters. The first kappa shape index (κ1) is 14.9. The minimum atomic E-state index is -0.608. The van der Waals surface area contributed by atoms with E-state index in [2.05, 4.69) is 12.2 Å². The van der Waals surface area contributed by atoms with Gasteiger partial charge in [-0.1, -0.05) is 26.7 Å². The number of rotatable bonds is 6. The minimum Gasteiger partial charge on any atom is -0.396 e. The highest BCUT2D eigenvalue weighted by Gasteiger charge is 2.33. The summed E-state index contributed by atoms with van der Waals surface area (Å²) in [6.07, 6.45) is 3.97. The van der Waals surface area contributed by atoms with E-state index in [4.69, 9.17) is 10.2 Å². The van der Waals surface area contributed by atoms with Crippen LogP contribution in [0.2, 0.25) is 0 Å². The van der Waals surface area contributed by atoms with Gasteiger partial charge in [0.2, 0.25) is 0 Å². The number of hydrogen-bond acceptors (Lipinski definition) is 4. The Balaban J connectivity index is 2.34. The Bertz CT molecular complexity index is 231. The van der Waals surface area contributed by atoms with Gasteiger partial charge in [-0.3, -0.25) is 0 Å². The van der Waals surface area contributed by atoms with Crippen LogP contribution >= 0.6 is 0 Å². The molecule has 1 fully saturated rings. The quantitative estimate of drug-likeness (QED) is 0.550. The zero-order chi connectivity index (χ0) is 12.9. The maximum atomic E-state index is 10.4. The van der Waals surface area contributed by atoms with Gasteiger partial charge in [0.25, 0.3) is 0 Å². The third-order valence-corrected chi connectivity index (χ3v) is 3.84. The lowest BCUT2D eigenvalue weighted by Gasteiger charge is -2.37. The van der Waals surface area contributed by atoms with Crippen LogP contribution in [0.15, 0.2) is 0 Å². The molecule has 4 nitrogen and oxygen atoms in total. The van der Waals surface area contributed by atoms with Crippen LogP contribution < -0.4 is 5.32 Å². The smallest absolute Gasteiger partial charge is 0.0774 e. The molecule has 0 aliphatic heterocycles. The van der Waals surface area contributed by atoms with Gasteiger partial charge < -0.3 is 20.6 Å². The van der Waals surface area contributed by atoms with Crippen molar-refractivity contribution >= 4 is 0 Å². The highest BCUT2D eigenvalue weighted by Crippen LogP contribution is 2.31. The summed E-state index contributed by atoms with van der Waals surface area (Å²) < 4.78 is 0. The van der Waals surface area contributed by atoms with Crippen LogP contribution in [0.4, 0.5) is 0 Å². The number of nitrogens with one attached hydrogen (secondary N) is 1. The first-order valence-corrected chi connectivity index (χ1v) is 6.58. The van der Waals surface area contributed by atoms with E-state index in [0.29, 0.717) is 19.0 Å². The fraction of sp³-hybridized carbons (Fsp3) is 1.00. The van der Waals surface area contributed by atoms with Crippen LogP contribution in [0, 0.1) is 11.3 Å². The average molecular weight is 245 g/mol. The Morgan fingerprint density at radius 3 is 2.53 bits per heavy atom. The second kappa shape index (κ2) is 6.14. The van der Waals surface area contributed by atoms with Crippen LogP contribution in [0.3, 0.4) is 0 Å². The van der Waals surface area contributed by atoms with Gasteiger partial charge in [-0.2, -0.15) is 0 Å². The number of aliphatic hydroxyl groups excluding tert-OH is 2. The summed E-state index contributed by atoms with van der Waals surface area (Å²) in [6.45, 7) is 4.98. The van der Waals surface area contributed by atoms with Gasteiger partial charge in [0.1, 0.15) is 0 Å². The van der Waals surface area contributed by atoms with E-state index in [1.165, 1.54) is 6.42 Å². The summed E-state index contributed by atoms with van der Waals surface area (Å²) in [5.74, 6) is 0.581. The standard InChI is InChI=1S/C13H27NO3/c1-11-4-3-5-13(17,6-11)8-14-7-12(2,9-15)10-16/h11,14-17H,3-10H2,1-2H3. The Morgan fingerprint density at radius 2 is 2.00 bits per heavy atom. The molecule has 17 heavy (non-hydrogen) atoms. The van der Waals surface area contributed by atoms with Crippen molar-refractivity contribution < 1.29 is 15.3 Å². The minimum absolute atomic E-state index is 0.0503. The van der Waals surface area contributed by atoms with Crippen molar-refractivity contribution in [2.24, 2.45) is 11.3 Å². The zero-order valence-corrected chi connectivity index (χ0v) is 11.1. The van der Waals surface area contributed by atoms with Crippen LogP contribution in [0.5, 0.6) is 0 Å². The van der Waals surface area contributed by atoms with Crippen LogP contribution in [0.1, 0.15) is 39.5 Å². The number of hydrogen-bond donors (Lipinski definition) is 4. The molecule has 0 bridgehead atoms. The Kier molecular flexibility index (Phi) is 5.38. The SMILES string of the molecule is CC1CCCC(O)(CNCC(C)(CO)CO)C1. The molecule has 0 radical (unpaired) electrons. The molecule has 4 heteroatoms. The van der Waals surface area contributed by atoms with Crippen molar-refractivity contribution in [1.29, 1.82) is 0 Å². The Morgan fingerprint density at radius 1 is 1.35 bits per heavy atom. The van der Waals surface area contributed by atoms with Crippen molar-refractivity contribution in [3.05, 3.63) is 0 Å². The fourth-order valence-corrected chi connectivity index (χ4v) is 2.55. The first-order chi connectivity index (χ1) is 7.93. The van der Waals surface area contributed by atoms with Gasteiger partial charge in [0.05, 0.1) is 18.8 Å². The molecular weight excluding hydrogens is 218 g/mol. The molecule has 0 heterocycles. The third kappa shape index (κ3) is 4.54. The molecule has 0 aromatic heterocycles. The second-order valence-corrected chi connectivity index (χ2v) is 6.16. The average Bonchev–Trinajstić information content (AvgIpc) is 2.28. The molecule has 102 valence electrons. The molecular formula is C13H27NO3. The molecule has 0 aromatic rings. The molecule has 1 saturated carbocycles. The molecule has 0 spiro atoms. The van der Waals surface area contributed by atoms with E-state index in [1.54, 1.807) is 0 Å². The largest absolute Gasteiger partial charge is 0.396 e. The summed E-state index contributed by atoms with van der Waals surface area (Å²) in [5.41, 5.74) is -1.11. The zero-order valence-electron chi connectivity index (χ0n) is 11.1. The van der Waals surface area contributed by atoms with Crippen molar-refractivity contribution in [3.63, 3.8) is 0 Å². The molecule has 4 N–H and O–H groups in total. The summed E-state index contributed by atoms with van der Waals surface area (Å²) in [6, 6.07) is 0. The van der Waals surface area contributed by atoms with Crippen molar-refractivity contribution in [2.75, 3.05) is 26.3 Å². The van der Waals surface area contributed by atoms with Gasteiger partial charge in [0.15, 0.2) is 0 Å². The maximum Gasteiger partial charge on any atom is 0.0774 e.